The second-order valence-corrected chi connectivity index (χ2v) is 4.67. The molecule has 1 unspecified atom stereocenters. The van der Waals surface area contributed by atoms with Crippen molar-refractivity contribution >= 4 is 0 Å². The van der Waals surface area contributed by atoms with Crippen LogP contribution < -0.4 is 15.2 Å². The Balaban J connectivity index is 2.09. The third kappa shape index (κ3) is 2.85. The number of hydrogen-bond acceptors (Lipinski definition) is 3. The summed E-state index contributed by atoms with van der Waals surface area (Å²) < 4.78 is 10.5. The van der Waals surface area contributed by atoms with E-state index in [9.17, 15) is 0 Å². The summed E-state index contributed by atoms with van der Waals surface area (Å²) in [6.07, 6.45) is 6.70. The molecule has 0 spiro atoms. The summed E-state index contributed by atoms with van der Waals surface area (Å²) in [5, 5.41) is 0. The monoisotopic (exact) mass is 247 g/mol. The lowest BCUT2D eigenvalue weighted by Gasteiger charge is -2.15. The molecule has 0 fully saturated rings. The van der Waals surface area contributed by atoms with Crippen molar-refractivity contribution in [1.29, 1.82) is 0 Å². The lowest BCUT2D eigenvalue weighted by atomic mass is 9.99. The minimum Gasteiger partial charge on any atom is -0.493 e. The fourth-order valence-electron chi connectivity index (χ4n) is 2.43. The summed E-state index contributed by atoms with van der Waals surface area (Å²) in [6.45, 7) is 0. The van der Waals surface area contributed by atoms with Crippen LogP contribution in [0.2, 0.25) is 0 Å². The first-order valence-electron chi connectivity index (χ1n) is 6.40. The number of benzene rings is 1. The van der Waals surface area contributed by atoms with Gasteiger partial charge in [0.2, 0.25) is 0 Å². The van der Waals surface area contributed by atoms with Crippen LogP contribution in [-0.4, -0.2) is 20.3 Å². The molecule has 0 aliphatic heterocycles. The third-order valence-corrected chi connectivity index (χ3v) is 3.46. The highest BCUT2D eigenvalue weighted by Crippen LogP contribution is 2.29. The molecule has 1 aromatic carbocycles. The van der Waals surface area contributed by atoms with Gasteiger partial charge in [-0.25, -0.2) is 0 Å². The minimum absolute atomic E-state index is 0.130. The zero-order valence-corrected chi connectivity index (χ0v) is 11.1. The predicted molar refractivity (Wildman–Crippen MR) is 73.2 cm³/mol. The van der Waals surface area contributed by atoms with Crippen LogP contribution in [0.4, 0.5) is 0 Å². The maximum atomic E-state index is 6.23. The van der Waals surface area contributed by atoms with Gasteiger partial charge in [-0.3, -0.25) is 0 Å². The van der Waals surface area contributed by atoms with Gasteiger partial charge in [0.05, 0.1) is 14.2 Å². The van der Waals surface area contributed by atoms with Crippen LogP contribution in [0.1, 0.15) is 24.8 Å². The van der Waals surface area contributed by atoms with E-state index in [-0.39, 0.29) is 6.04 Å². The molecule has 0 amide bonds. The van der Waals surface area contributed by atoms with E-state index in [0.29, 0.717) is 0 Å². The lowest BCUT2D eigenvalue weighted by Crippen LogP contribution is -2.24. The van der Waals surface area contributed by atoms with Gasteiger partial charge in [0.15, 0.2) is 11.5 Å². The van der Waals surface area contributed by atoms with Crippen LogP contribution in [0.3, 0.4) is 0 Å². The molecular weight excluding hydrogens is 226 g/mol. The SMILES string of the molecule is COc1ccc(CC(N)C2=CCCC2)cc1OC. The molecule has 1 atom stereocenters. The molecule has 98 valence electrons. The van der Waals surface area contributed by atoms with E-state index in [4.69, 9.17) is 15.2 Å². The summed E-state index contributed by atoms with van der Waals surface area (Å²) in [6, 6.07) is 6.13. The maximum absolute atomic E-state index is 6.23. The van der Waals surface area contributed by atoms with Gasteiger partial charge in [-0.05, 0) is 43.4 Å². The van der Waals surface area contributed by atoms with E-state index >= 15 is 0 Å². The van der Waals surface area contributed by atoms with Crippen molar-refractivity contribution in [3.05, 3.63) is 35.4 Å². The second-order valence-electron chi connectivity index (χ2n) is 4.67. The Bertz CT molecular complexity index is 440. The molecule has 3 nitrogen and oxygen atoms in total. The van der Waals surface area contributed by atoms with Gasteiger partial charge in [0.1, 0.15) is 0 Å². The normalized spacial score (nSPS) is 16.3. The number of methoxy groups -OCH3 is 2. The first kappa shape index (κ1) is 13.0. The van der Waals surface area contributed by atoms with Gasteiger partial charge in [-0.15, -0.1) is 0 Å². The molecule has 3 heteroatoms. The Morgan fingerprint density at radius 1 is 1.22 bits per heavy atom. The zero-order chi connectivity index (χ0) is 13.0. The topological polar surface area (TPSA) is 44.5 Å². The van der Waals surface area contributed by atoms with Crippen molar-refractivity contribution in [2.45, 2.75) is 31.7 Å². The van der Waals surface area contributed by atoms with Crippen molar-refractivity contribution in [2.24, 2.45) is 5.73 Å². The first-order chi connectivity index (χ1) is 8.74. The minimum atomic E-state index is 0.130. The van der Waals surface area contributed by atoms with Crippen molar-refractivity contribution in [2.75, 3.05) is 14.2 Å². The van der Waals surface area contributed by atoms with Gasteiger partial charge in [0.25, 0.3) is 0 Å². The van der Waals surface area contributed by atoms with Crippen molar-refractivity contribution in [3.63, 3.8) is 0 Å². The van der Waals surface area contributed by atoms with E-state index in [1.807, 2.05) is 12.1 Å². The van der Waals surface area contributed by atoms with Crippen LogP contribution in [0.5, 0.6) is 11.5 Å². The molecule has 0 aromatic heterocycles. The predicted octanol–water partition coefficient (Wildman–Crippen LogP) is 2.68. The van der Waals surface area contributed by atoms with E-state index in [2.05, 4.69) is 12.1 Å². The molecule has 18 heavy (non-hydrogen) atoms. The number of rotatable bonds is 5. The van der Waals surface area contributed by atoms with Gasteiger partial charge in [-0.1, -0.05) is 17.7 Å². The van der Waals surface area contributed by atoms with E-state index in [0.717, 1.165) is 24.3 Å². The van der Waals surface area contributed by atoms with Crippen LogP contribution in [0, 0.1) is 0 Å². The quantitative estimate of drug-likeness (QED) is 0.814. The average Bonchev–Trinajstić information content (AvgIpc) is 2.92. The van der Waals surface area contributed by atoms with Crippen molar-refractivity contribution in [1.82, 2.24) is 0 Å². The molecule has 0 saturated heterocycles. The molecule has 2 N–H and O–H groups in total. The van der Waals surface area contributed by atoms with Crippen LogP contribution >= 0.6 is 0 Å². The highest BCUT2D eigenvalue weighted by atomic mass is 16.5. The number of ether oxygens (including phenoxy) is 2. The molecule has 0 heterocycles. The lowest BCUT2D eigenvalue weighted by molar-refractivity contribution is 0.354. The molecule has 2 rings (SSSR count). The molecule has 0 saturated carbocycles. The van der Waals surface area contributed by atoms with Crippen LogP contribution in [-0.2, 0) is 6.42 Å². The standard InChI is InChI=1S/C15H21NO2/c1-17-14-8-7-11(10-15(14)18-2)9-13(16)12-5-3-4-6-12/h5,7-8,10,13H,3-4,6,9,16H2,1-2H3. The Morgan fingerprint density at radius 2 is 2.00 bits per heavy atom. The molecule has 0 bridgehead atoms. The van der Waals surface area contributed by atoms with Crippen molar-refractivity contribution < 1.29 is 9.47 Å². The Morgan fingerprint density at radius 3 is 2.61 bits per heavy atom. The zero-order valence-electron chi connectivity index (χ0n) is 11.1. The molecule has 1 aliphatic carbocycles. The molecule has 1 aliphatic rings. The second kappa shape index (κ2) is 5.91. The van der Waals surface area contributed by atoms with E-state index in [1.54, 1.807) is 14.2 Å². The average molecular weight is 247 g/mol. The Hall–Kier alpha value is -1.48. The number of allylic oxidation sites excluding steroid dienone is 1. The van der Waals surface area contributed by atoms with Crippen LogP contribution in [0.25, 0.3) is 0 Å². The van der Waals surface area contributed by atoms with E-state index in [1.165, 1.54) is 24.0 Å². The molecule has 0 radical (unpaired) electrons. The molecule has 1 aromatic rings. The number of nitrogens with two attached hydrogens (primary N) is 1. The Kier molecular flexibility index (Phi) is 4.26. The highest BCUT2D eigenvalue weighted by molar-refractivity contribution is 5.43. The van der Waals surface area contributed by atoms with Gasteiger partial charge in [0, 0.05) is 6.04 Å². The highest BCUT2D eigenvalue weighted by Gasteiger charge is 2.14. The number of hydrogen-bond donors (Lipinski definition) is 1. The fraction of sp³-hybridized carbons (Fsp3) is 0.467. The van der Waals surface area contributed by atoms with Gasteiger partial charge in [-0.2, -0.15) is 0 Å². The summed E-state index contributed by atoms with van der Waals surface area (Å²) in [7, 11) is 3.30. The largest absolute Gasteiger partial charge is 0.493 e. The summed E-state index contributed by atoms with van der Waals surface area (Å²) in [5.74, 6) is 1.53. The third-order valence-electron chi connectivity index (χ3n) is 3.46. The smallest absolute Gasteiger partial charge is 0.160 e. The summed E-state index contributed by atoms with van der Waals surface area (Å²) >= 11 is 0. The first-order valence-corrected chi connectivity index (χ1v) is 6.40. The maximum Gasteiger partial charge on any atom is 0.160 e. The van der Waals surface area contributed by atoms with Gasteiger partial charge >= 0.3 is 0 Å². The van der Waals surface area contributed by atoms with E-state index < -0.39 is 0 Å². The molecular formula is C15H21NO2. The van der Waals surface area contributed by atoms with Crippen LogP contribution in [0.15, 0.2) is 29.8 Å². The fourth-order valence-corrected chi connectivity index (χ4v) is 2.43. The van der Waals surface area contributed by atoms with Crippen molar-refractivity contribution in [3.8, 4) is 11.5 Å². The Labute approximate surface area is 109 Å². The summed E-state index contributed by atoms with van der Waals surface area (Å²) in [4.78, 5) is 0. The van der Waals surface area contributed by atoms with Gasteiger partial charge < -0.3 is 15.2 Å². The summed E-state index contributed by atoms with van der Waals surface area (Å²) in [5.41, 5.74) is 8.81.